The first kappa shape index (κ1) is 24.2. The lowest BCUT2D eigenvalue weighted by Gasteiger charge is -2.28. The van der Waals surface area contributed by atoms with Crippen LogP contribution in [0.25, 0.3) is 21.9 Å². The summed E-state index contributed by atoms with van der Waals surface area (Å²) >= 11 is 0. The zero-order valence-corrected chi connectivity index (χ0v) is 20.7. The van der Waals surface area contributed by atoms with Gasteiger partial charge in [-0.2, -0.15) is 4.98 Å². The van der Waals surface area contributed by atoms with Gasteiger partial charge < -0.3 is 13.9 Å². The molecule has 1 aliphatic rings. The van der Waals surface area contributed by atoms with Crippen LogP contribution in [-0.2, 0) is 13.6 Å². The summed E-state index contributed by atoms with van der Waals surface area (Å²) < 4.78 is 51.6. The van der Waals surface area contributed by atoms with Crippen LogP contribution >= 0.6 is 0 Å². The lowest BCUT2D eigenvalue weighted by atomic mass is 9.86. The molecule has 6 rings (SSSR count). The Bertz CT molecular complexity index is 1700. The van der Waals surface area contributed by atoms with E-state index < -0.39 is 23.0 Å². The normalized spacial score (nSPS) is 17.8. The quantitative estimate of drug-likeness (QED) is 0.293. The highest BCUT2D eigenvalue weighted by Gasteiger charge is 2.27. The summed E-state index contributed by atoms with van der Waals surface area (Å²) in [6.07, 6.45) is 4.82. The number of nitrogens with zero attached hydrogens (tertiary/aromatic N) is 4. The fraction of sp³-hybridized carbons (Fsp3) is 0.276. The van der Waals surface area contributed by atoms with E-state index in [1.165, 1.54) is 10.9 Å². The van der Waals surface area contributed by atoms with E-state index in [0.717, 1.165) is 42.5 Å². The molecule has 0 radical (unpaired) electrons. The first-order valence-electron chi connectivity index (χ1n) is 12.6. The predicted octanol–water partition coefficient (Wildman–Crippen LogP) is 5.85. The van der Waals surface area contributed by atoms with Gasteiger partial charge >= 0.3 is 0 Å². The van der Waals surface area contributed by atoms with Gasteiger partial charge in [0, 0.05) is 30.7 Å². The van der Waals surface area contributed by atoms with Crippen LogP contribution in [-0.4, -0.2) is 25.2 Å². The van der Waals surface area contributed by atoms with Crippen LogP contribution in [0, 0.1) is 17.5 Å². The van der Waals surface area contributed by atoms with Crippen molar-refractivity contribution < 1.29 is 17.9 Å². The van der Waals surface area contributed by atoms with Gasteiger partial charge in [0.1, 0.15) is 29.0 Å². The van der Waals surface area contributed by atoms with Gasteiger partial charge in [0.15, 0.2) is 0 Å². The molecule has 6 nitrogen and oxygen atoms in total. The Morgan fingerprint density at radius 2 is 1.68 bits per heavy atom. The molecule has 0 saturated heterocycles. The molecular formula is C29H25F3N4O2. The molecule has 194 valence electrons. The number of fused-ring (bicyclic) bond motifs is 2. The van der Waals surface area contributed by atoms with Gasteiger partial charge in [-0.1, -0.05) is 12.1 Å². The molecule has 5 aromatic rings. The fourth-order valence-electron chi connectivity index (χ4n) is 5.44. The summed E-state index contributed by atoms with van der Waals surface area (Å²) in [5.74, 6) is -0.995. The number of imidazole rings is 1. The maximum Gasteiger partial charge on any atom is 0.280 e. The molecule has 38 heavy (non-hydrogen) atoms. The molecular weight excluding hydrogens is 493 g/mol. The van der Waals surface area contributed by atoms with Crippen LogP contribution in [0.5, 0.6) is 5.75 Å². The number of rotatable bonds is 5. The van der Waals surface area contributed by atoms with Crippen molar-refractivity contribution in [3.63, 3.8) is 0 Å². The van der Waals surface area contributed by atoms with Gasteiger partial charge in [-0.25, -0.2) is 18.2 Å². The molecule has 0 N–H and O–H groups in total. The number of hydrogen-bond donors (Lipinski definition) is 0. The van der Waals surface area contributed by atoms with Crippen molar-refractivity contribution in [2.45, 2.75) is 44.2 Å². The lowest BCUT2D eigenvalue weighted by Crippen LogP contribution is -2.24. The highest BCUT2D eigenvalue weighted by molar-refractivity contribution is 5.79. The van der Waals surface area contributed by atoms with Crippen molar-refractivity contribution in [1.82, 2.24) is 19.1 Å². The van der Waals surface area contributed by atoms with E-state index in [4.69, 9.17) is 9.72 Å². The Hall–Kier alpha value is -4.14. The largest absolute Gasteiger partial charge is 0.490 e. The molecule has 0 bridgehead atoms. The third-order valence-corrected chi connectivity index (χ3v) is 7.42. The minimum Gasteiger partial charge on any atom is -0.490 e. The fourth-order valence-corrected chi connectivity index (χ4v) is 5.44. The third kappa shape index (κ3) is 4.42. The van der Waals surface area contributed by atoms with E-state index in [0.29, 0.717) is 29.3 Å². The number of aryl methyl sites for hydroxylation is 1. The number of benzene rings is 3. The van der Waals surface area contributed by atoms with Crippen LogP contribution in [0.1, 0.15) is 43.0 Å². The van der Waals surface area contributed by atoms with Crippen molar-refractivity contribution in [2.75, 3.05) is 0 Å². The van der Waals surface area contributed by atoms with Gasteiger partial charge in [-0.3, -0.25) is 4.79 Å². The Balaban J connectivity index is 1.19. The number of aromatic nitrogens is 4. The van der Waals surface area contributed by atoms with Crippen molar-refractivity contribution in [3.05, 3.63) is 100 Å². The van der Waals surface area contributed by atoms with E-state index in [9.17, 15) is 18.0 Å². The standard InChI is InChI=1S/C29H25F3N4O2/c1-35-27-5-3-2-4-25(27)34-28(35)17-6-8-19(9-7-17)38-20-10-11-26-21(14-20)29(37)33-16-36(26)15-22-23(31)12-18(30)13-24(22)32/h2-5,10-14,16-17,19H,6-9,15H2,1H3/t17-,19-. The van der Waals surface area contributed by atoms with Crippen LogP contribution in [0.2, 0.25) is 0 Å². The highest BCUT2D eigenvalue weighted by Crippen LogP contribution is 2.35. The molecule has 1 aliphatic carbocycles. The maximum atomic E-state index is 14.2. The second kappa shape index (κ2) is 9.63. The molecule has 2 aromatic heterocycles. The average Bonchev–Trinajstić information content (AvgIpc) is 3.24. The lowest BCUT2D eigenvalue weighted by molar-refractivity contribution is 0.145. The van der Waals surface area contributed by atoms with Gasteiger partial charge in [0.25, 0.3) is 5.56 Å². The Kier molecular flexibility index (Phi) is 6.13. The summed E-state index contributed by atoms with van der Waals surface area (Å²) in [6, 6.07) is 14.4. The minimum absolute atomic E-state index is 0.000289. The van der Waals surface area contributed by atoms with E-state index in [1.807, 2.05) is 18.2 Å². The SMILES string of the molecule is Cn1c2ccccc2nc1[C@H]1CC[C@H](Oc2ccc3c(c2)c(=O)ncn3Cc2c(F)cc(F)cc2F)CC1. The average molecular weight is 519 g/mol. The first-order valence-corrected chi connectivity index (χ1v) is 12.6. The molecule has 3 aromatic carbocycles. The van der Waals surface area contributed by atoms with Gasteiger partial charge in [-0.15, -0.1) is 0 Å². The summed E-state index contributed by atoms with van der Waals surface area (Å²) in [7, 11) is 2.06. The molecule has 1 saturated carbocycles. The molecule has 0 spiro atoms. The molecule has 0 unspecified atom stereocenters. The van der Waals surface area contributed by atoms with Crippen LogP contribution < -0.4 is 10.3 Å². The zero-order chi connectivity index (χ0) is 26.4. The van der Waals surface area contributed by atoms with E-state index in [2.05, 4.69) is 22.7 Å². The van der Waals surface area contributed by atoms with Crippen molar-refractivity contribution in [1.29, 1.82) is 0 Å². The molecule has 1 fully saturated rings. The number of halogens is 3. The third-order valence-electron chi connectivity index (χ3n) is 7.42. The number of para-hydroxylation sites is 2. The first-order chi connectivity index (χ1) is 18.4. The molecule has 0 amide bonds. The topological polar surface area (TPSA) is 61.9 Å². The minimum atomic E-state index is -0.997. The Labute approximate surface area is 216 Å². The molecule has 2 heterocycles. The Morgan fingerprint density at radius 3 is 2.42 bits per heavy atom. The second-order valence-corrected chi connectivity index (χ2v) is 9.81. The molecule has 0 aliphatic heterocycles. The maximum absolute atomic E-state index is 14.2. The van der Waals surface area contributed by atoms with Gasteiger partial charge in [0.2, 0.25) is 0 Å². The monoisotopic (exact) mass is 518 g/mol. The summed E-state index contributed by atoms with van der Waals surface area (Å²) in [5, 5.41) is 0.279. The van der Waals surface area contributed by atoms with Crippen LogP contribution in [0.4, 0.5) is 13.2 Å². The van der Waals surface area contributed by atoms with Gasteiger partial charge in [0.05, 0.1) is 40.9 Å². The molecule has 0 atom stereocenters. The Morgan fingerprint density at radius 1 is 0.947 bits per heavy atom. The zero-order valence-electron chi connectivity index (χ0n) is 20.7. The second-order valence-electron chi connectivity index (χ2n) is 9.81. The smallest absolute Gasteiger partial charge is 0.280 e. The van der Waals surface area contributed by atoms with Gasteiger partial charge in [-0.05, 0) is 56.0 Å². The van der Waals surface area contributed by atoms with Crippen LogP contribution in [0.3, 0.4) is 0 Å². The molecule has 9 heteroatoms. The van der Waals surface area contributed by atoms with Crippen molar-refractivity contribution >= 4 is 21.9 Å². The van der Waals surface area contributed by atoms with Crippen molar-refractivity contribution in [3.8, 4) is 5.75 Å². The van der Waals surface area contributed by atoms with E-state index >= 15 is 0 Å². The number of ether oxygens (including phenoxy) is 1. The summed E-state index contributed by atoms with van der Waals surface area (Å²) in [6.45, 7) is -0.242. The van der Waals surface area contributed by atoms with E-state index in [1.54, 1.807) is 18.2 Å². The predicted molar refractivity (Wildman–Crippen MR) is 138 cm³/mol. The van der Waals surface area contributed by atoms with Crippen LogP contribution in [0.15, 0.2) is 65.7 Å². The number of hydrogen-bond acceptors (Lipinski definition) is 4. The van der Waals surface area contributed by atoms with E-state index in [-0.39, 0.29) is 23.6 Å². The summed E-state index contributed by atoms with van der Waals surface area (Å²) in [4.78, 5) is 21.2. The summed E-state index contributed by atoms with van der Waals surface area (Å²) in [5.41, 5.74) is 1.80. The van der Waals surface area contributed by atoms with Crippen molar-refractivity contribution in [2.24, 2.45) is 7.05 Å². The highest BCUT2D eigenvalue weighted by atomic mass is 19.1.